The molecule has 1 atom stereocenters. The first-order valence-corrected chi connectivity index (χ1v) is 13.0. The van der Waals surface area contributed by atoms with Crippen molar-refractivity contribution in [3.63, 3.8) is 0 Å². The number of carbonyl (C=O) groups is 3. The average molecular weight is 511 g/mol. The second-order valence-corrected chi connectivity index (χ2v) is 10.2. The van der Waals surface area contributed by atoms with Crippen LogP contribution in [-0.4, -0.2) is 34.4 Å². The number of benzene rings is 2. The van der Waals surface area contributed by atoms with Crippen molar-refractivity contribution in [3.8, 4) is 0 Å². The van der Waals surface area contributed by atoms with Crippen LogP contribution in [0.3, 0.4) is 0 Å². The highest BCUT2D eigenvalue weighted by molar-refractivity contribution is 6.51. The molecule has 0 spiro atoms. The van der Waals surface area contributed by atoms with E-state index >= 15 is 0 Å². The molecular weight excluding hydrogens is 480 g/mol. The Morgan fingerprint density at radius 3 is 2.42 bits per heavy atom. The van der Waals surface area contributed by atoms with Crippen LogP contribution in [-0.2, 0) is 27.2 Å². The van der Waals surface area contributed by atoms with Crippen molar-refractivity contribution in [3.05, 3.63) is 100 Å². The van der Waals surface area contributed by atoms with Gasteiger partial charge >= 0.3 is 5.97 Å². The number of aromatic nitrogens is 1. The van der Waals surface area contributed by atoms with E-state index in [1.807, 2.05) is 32.0 Å². The number of carbonyl (C=O) groups excluding carboxylic acids is 3. The highest BCUT2D eigenvalue weighted by atomic mass is 16.5. The molecule has 3 aromatic rings. The van der Waals surface area contributed by atoms with E-state index in [4.69, 9.17) is 4.74 Å². The summed E-state index contributed by atoms with van der Waals surface area (Å²) in [7, 11) is 0. The first kappa shape index (κ1) is 25.4. The molecule has 5 rings (SSSR count). The zero-order chi connectivity index (χ0) is 26.8. The number of esters is 1. The molecule has 1 N–H and O–H groups in total. The normalized spacial score (nSPS) is 18.5. The van der Waals surface area contributed by atoms with E-state index in [0.29, 0.717) is 29.0 Å². The van der Waals surface area contributed by atoms with Crippen molar-refractivity contribution in [1.82, 2.24) is 4.98 Å². The molecule has 2 aliphatic rings. The third-order valence-electron chi connectivity index (χ3n) is 7.00. The zero-order valence-corrected chi connectivity index (χ0v) is 21.5. The number of pyridine rings is 1. The van der Waals surface area contributed by atoms with Crippen molar-refractivity contribution in [2.24, 2.45) is 5.92 Å². The van der Waals surface area contributed by atoms with Gasteiger partial charge in [-0.05, 0) is 84.7 Å². The zero-order valence-electron chi connectivity index (χ0n) is 21.5. The number of rotatable bonds is 6. The van der Waals surface area contributed by atoms with Crippen molar-refractivity contribution in [2.45, 2.75) is 45.6 Å². The molecule has 1 aliphatic carbocycles. The topological polar surface area (TPSA) is 96.8 Å². The molecule has 1 aromatic heterocycles. The van der Waals surface area contributed by atoms with E-state index in [1.54, 1.807) is 48.8 Å². The van der Waals surface area contributed by atoms with Gasteiger partial charge < -0.3 is 9.84 Å². The summed E-state index contributed by atoms with van der Waals surface area (Å²) in [6.07, 6.45) is 7.33. The Balaban J connectivity index is 1.56. The van der Waals surface area contributed by atoms with E-state index in [2.05, 4.69) is 4.98 Å². The van der Waals surface area contributed by atoms with E-state index in [1.165, 1.54) is 10.5 Å². The van der Waals surface area contributed by atoms with Crippen molar-refractivity contribution >= 4 is 29.1 Å². The van der Waals surface area contributed by atoms with Crippen LogP contribution in [0.5, 0.6) is 0 Å². The fourth-order valence-electron chi connectivity index (χ4n) is 5.07. The fraction of sp³-hybridized carbons (Fsp3) is 0.290. The van der Waals surface area contributed by atoms with Crippen molar-refractivity contribution in [2.75, 3.05) is 11.5 Å². The van der Waals surface area contributed by atoms with E-state index in [9.17, 15) is 19.5 Å². The Morgan fingerprint density at radius 2 is 1.74 bits per heavy atom. The van der Waals surface area contributed by atoms with Crippen molar-refractivity contribution in [1.29, 1.82) is 0 Å². The highest BCUT2D eigenvalue weighted by Crippen LogP contribution is 2.42. The Kier molecular flexibility index (Phi) is 7.09. The van der Waals surface area contributed by atoms with Gasteiger partial charge in [-0.2, -0.15) is 0 Å². The van der Waals surface area contributed by atoms with Gasteiger partial charge in [-0.15, -0.1) is 0 Å². The molecule has 1 fully saturated rings. The van der Waals surface area contributed by atoms with Crippen LogP contribution >= 0.6 is 0 Å². The van der Waals surface area contributed by atoms with Crippen LogP contribution in [0.25, 0.3) is 5.76 Å². The number of fused-ring (bicyclic) bond motifs is 1. The summed E-state index contributed by atoms with van der Waals surface area (Å²) in [6, 6.07) is 14.7. The number of amides is 1. The molecule has 1 unspecified atom stereocenters. The minimum absolute atomic E-state index is 0.0131. The van der Waals surface area contributed by atoms with Gasteiger partial charge in [-0.3, -0.25) is 19.5 Å². The smallest absolute Gasteiger partial charge is 0.338 e. The number of aliphatic hydroxyl groups is 1. The lowest BCUT2D eigenvalue weighted by Crippen LogP contribution is -2.29. The lowest BCUT2D eigenvalue weighted by atomic mass is 9.89. The number of anilines is 1. The second-order valence-electron chi connectivity index (χ2n) is 10.2. The van der Waals surface area contributed by atoms with Crippen LogP contribution in [0.4, 0.5) is 5.69 Å². The van der Waals surface area contributed by atoms with Crippen LogP contribution in [0.15, 0.2) is 72.6 Å². The molecule has 38 heavy (non-hydrogen) atoms. The lowest BCUT2D eigenvalue weighted by molar-refractivity contribution is -0.132. The third kappa shape index (κ3) is 4.84. The van der Waals surface area contributed by atoms with E-state index < -0.39 is 23.7 Å². The summed E-state index contributed by atoms with van der Waals surface area (Å²) in [5.41, 5.74) is 4.30. The van der Waals surface area contributed by atoms with E-state index in [0.717, 1.165) is 31.2 Å². The summed E-state index contributed by atoms with van der Waals surface area (Å²) in [6.45, 7) is 4.21. The fourth-order valence-corrected chi connectivity index (χ4v) is 5.07. The van der Waals surface area contributed by atoms with Gasteiger partial charge in [0.2, 0.25) is 0 Å². The summed E-state index contributed by atoms with van der Waals surface area (Å²) in [5, 5.41) is 11.4. The third-order valence-corrected chi connectivity index (χ3v) is 7.00. The number of hydrogen-bond donors (Lipinski definition) is 1. The molecule has 0 bridgehead atoms. The van der Waals surface area contributed by atoms with Crippen molar-refractivity contribution < 1.29 is 24.2 Å². The minimum Gasteiger partial charge on any atom is -0.507 e. The SMILES string of the molecule is CC(C)COC(=O)c1ccc(N2C(=O)C(=O)/C(=C(\O)c3ccc4c(c3)CCCC4)C2c2cccnc2)cc1. The summed E-state index contributed by atoms with van der Waals surface area (Å²) in [5.74, 6) is -1.98. The summed E-state index contributed by atoms with van der Waals surface area (Å²) >= 11 is 0. The van der Waals surface area contributed by atoms with Crippen LogP contribution in [0.1, 0.15) is 65.3 Å². The van der Waals surface area contributed by atoms with Gasteiger partial charge in [0.15, 0.2) is 0 Å². The number of hydrogen-bond acceptors (Lipinski definition) is 6. The second kappa shape index (κ2) is 10.6. The van der Waals surface area contributed by atoms with Gasteiger partial charge in [0, 0.05) is 23.6 Å². The minimum atomic E-state index is -0.876. The standard InChI is InChI=1S/C31H30N2O5/c1-19(2)18-38-31(37)21-11-13-25(14-12-21)33-27(24-8-5-15-32-17-24)26(29(35)30(33)36)28(34)23-10-9-20-6-3-4-7-22(20)16-23/h5,8-17,19,27,34H,3-4,6-7,18H2,1-2H3/b28-26-. The molecule has 1 saturated heterocycles. The number of aryl methyl sites for hydroxylation is 2. The van der Waals surface area contributed by atoms with Gasteiger partial charge in [0.05, 0.1) is 23.8 Å². The maximum Gasteiger partial charge on any atom is 0.338 e. The van der Waals surface area contributed by atoms with E-state index in [-0.39, 0.29) is 17.3 Å². The summed E-state index contributed by atoms with van der Waals surface area (Å²) < 4.78 is 5.30. The van der Waals surface area contributed by atoms with Crippen LogP contribution < -0.4 is 4.90 Å². The van der Waals surface area contributed by atoms with Gasteiger partial charge in [-0.25, -0.2) is 4.79 Å². The Morgan fingerprint density at radius 1 is 1.03 bits per heavy atom. The molecule has 0 radical (unpaired) electrons. The van der Waals surface area contributed by atoms with Gasteiger partial charge in [-0.1, -0.05) is 32.0 Å². The Bertz CT molecular complexity index is 1410. The highest BCUT2D eigenvalue weighted by Gasteiger charge is 2.47. The average Bonchev–Trinajstić information content (AvgIpc) is 3.21. The predicted molar refractivity (Wildman–Crippen MR) is 144 cm³/mol. The van der Waals surface area contributed by atoms with Crippen LogP contribution in [0.2, 0.25) is 0 Å². The largest absolute Gasteiger partial charge is 0.507 e. The monoisotopic (exact) mass is 510 g/mol. The first-order chi connectivity index (χ1) is 18.3. The molecule has 1 aliphatic heterocycles. The van der Waals surface area contributed by atoms with Gasteiger partial charge in [0.1, 0.15) is 5.76 Å². The van der Waals surface area contributed by atoms with Gasteiger partial charge in [0.25, 0.3) is 11.7 Å². The number of ketones is 1. The number of aliphatic hydroxyl groups excluding tert-OH is 1. The first-order valence-electron chi connectivity index (χ1n) is 13.0. The number of nitrogens with zero attached hydrogens (tertiary/aromatic N) is 2. The molecule has 2 heterocycles. The molecule has 1 amide bonds. The molecule has 2 aromatic carbocycles. The maximum atomic E-state index is 13.4. The summed E-state index contributed by atoms with van der Waals surface area (Å²) in [4.78, 5) is 44.7. The predicted octanol–water partition coefficient (Wildman–Crippen LogP) is 5.40. The number of ether oxygens (including phenoxy) is 1. The number of Topliss-reactive ketones (excluding diaryl/α,β-unsaturated/α-hetero) is 1. The quantitative estimate of drug-likeness (QED) is 0.206. The molecule has 0 saturated carbocycles. The maximum absolute atomic E-state index is 13.4. The Labute approximate surface area is 221 Å². The Hall–Kier alpha value is -4.26. The molecule has 194 valence electrons. The molecule has 7 heteroatoms. The molecule has 7 nitrogen and oxygen atoms in total. The molecular formula is C31H30N2O5. The lowest BCUT2D eigenvalue weighted by Gasteiger charge is -2.25. The van der Waals surface area contributed by atoms with Crippen LogP contribution in [0, 0.1) is 5.92 Å².